The molecule has 140 valence electrons. The second-order valence-corrected chi connectivity index (χ2v) is 6.78. The molecular weight excluding hydrogens is 336 g/mol. The molecule has 0 aliphatic heterocycles. The number of amides is 1. The van der Waals surface area contributed by atoms with Crippen LogP contribution in [0.25, 0.3) is 0 Å². The average Bonchev–Trinajstić information content (AvgIpc) is 2.86. The Morgan fingerprint density at radius 1 is 0.960 bits per heavy atom. The highest BCUT2D eigenvalue weighted by atomic mass is 35.5. The number of Topliss-reactive ketones (excluding diaryl/α,β-unsaturated/α-hetero) is 1. The van der Waals surface area contributed by atoms with Crippen LogP contribution in [-0.4, -0.2) is 30.8 Å². The molecule has 0 spiro atoms. The quantitative estimate of drug-likeness (QED) is 0.418. The van der Waals surface area contributed by atoms with Crippen molar-refractivity contribution in [2.24, 2.45) is 0 Å². The number of ketones is 1. The lowest BCUT2D eigenvalue weighted by atomic mass is 10.1. The van der Waals surface area contributed by atoms with Crippen molar-refractivity contribution in [1.82, 2.24) is 10.6 Å². The third-order valence-corrected chi connectivity index (χ3v) is 4.69. The predicted molar refractivity (Wildman–Crippen MR) is 104 cm³/mol. The molecule has 0 saturated heterocycles. The number of carbonyl (C=O) groups is 2. The molecule has 1 fully saturated rings. The van der Waals surface area contributed by atoms with Crippen LogP contribution in [0.2, 0.25) is 0 Å². The zero-order valence-corrected chi connectivity index (χ0v) is 16.0. The molecule has 1 amide bonds. The van der Waals surface area contributed by atoms with Crippen LogP contribution in [0.15, 0.2) is 24.3 Å². The van der Waals surface area contributed by atoms with Gasteiger partial charge >= 0.3 is 0 Å². The molecule has 4 nitrogen and oxygen atoms in total. The Bertz CT molecular complexity index is 523. The maximum Gasteiger partial charge on any atom is 0.220 e. The van der Waals surface area contributed by atoms with E-state index in [1.165, 1.54) is 38.5 Å². The van der Waals surface area contributed by atoms with Crippen molar-refractivity contribution in [2.75, 3.05) is 13.1 Å². The SMILES string of the molecule is Cc1ccc(C(=O)CCC(=O)NCCNC2CCCCCC2)cc1.Cl. The number of rotatable bonds is 8. The summed E-state index contributed by atoms with van der Waals surface area (Å²) in [5.41, 5.74) is 1.81. The molecule has 1 aromatic carbocycles. The third-order valence-electron chi connectivity index (χ3n) is 4.69. The Labute approximate surface area is 157 Å². The Morgan fingerprint density at radius 2 is 1.60 bits per heavy atom. The molecule has 0 aromatic heterocycles. The number of halogens is 1. The normalized spacial score (nSPS) is 15.1. The van der Waals surface area contributed by atoms with Crippen molar-refractivity contribution >= 4 is 24.1 Å². The van der Waals surface area contributed by atoms with E-state index in [4.69, 9.17) is 0 Å². The van der Waals surface area contributed by atoms with E-state index in [9.17, 15) is 9.59 Å². The number of hydrogen-bond acceptors (Lipinski definition) is 3. The lowest BCUT2D eigenvalue weighted by molar-refractivity contribution is -0.121. The third kappa shape index (κ3) is 8.50. The number of carbonyl (C=O) groups excluding carboxylic acids is 2. The van der Waals surface area contributed by atoms with Crippen LogP contribution in [0.4, 0.5) is 0 Å². The van der Waals surface area contributed by atoms with Gasteiger partial charge < -0.3 is 10.6 Å². The largest absolute Gasteiger partial charge is 0.355 e. The molecule has 1 aromatic rings. The summed E-state index contributed by atoms with van der Waals surface area (Å²) in [7, 11) is 0. The van der Waals surface area contributed by atoms with E-state index >= 15 is 0 Å². The topological polar surface area (TPSA) is 58.2 Å². The molecule has 5 heteroatoms. The van der Waals surface area contributed by atoms with Gasteiger partial charge in [0.1, 0.15) is 0 Å². The van der Waals surface area contributed by atoms with Gasteiger partial charge in [0.2, 0.25) is 5.91 Å². The van der Waals surface area contributed by atoms with Crippen molar-refractivity contribution in [2.45, 2.75) is 64.3 Å². The van der Waals surface area contributed by atoms with E-state index in [0.29, 0.717) is 18.2 Å². The highest BCUT2D eigenvalue weighted by molar-refractivity contribution is 5.97. The van der Waals surface area contributed by atoms with E-state index in [2.05, 4.69) is 10.6 Å². The maximum atomic E-state index is 12.0. The van der Waals surface area contributed by atoms with Gasteiger partial charge in [0, 0.05) is 37.5 Å². The van der Waals surface area contributed by atoms with E-state index in [1.807, 2.05) is 31.2 Å². The first-order valence-corrected chi connectivity index (χ1v) is 9.25. The zero-order chi connectivity index (χ0) is 17.2. The highest BCUT2D eigenvalue weighted by Crippen LogP contribution is 2.16. The molecule has 0 radical (unpaired) electrons. The van der Waals surface area contributed by atoms with Gasteiger partial charge in [-0.15, -0.1) is 12.4 Å². The number of benzene rings is 1. The molecular formula is C20H31ClN2O2. The molecule has 0 unspecified atom stereocenters. The van der Waals surface area contributed by atoms with Crippen LogP contribution in [-0.2, 0) is 4.79 Å². The number of nitrogens with one attached hydrogen (secondary N) is 2. The summed E-state index contributed by atoms with van der Waals surface area (Å²) < 4.78 is 0. The van der Waals surface area contributed by atoms with Gasteiger partial charge in [-0.25, -0.2) is 0 Å². The maximum absolute atomic E-state index is 12.0. The Kier molecular flexibility index (Phi) is 10.4. The van der Waals surface area contributed by atoms with Crippen molar-refractivity contribution in [3.05, 3.63) is 35.4 Å². The summed E-state index contributed by atoms with van der Waals surface area (Å²) in [6.45, 7) is 3.43. The van der Waals surface area contributed by atoms with Crippen LogP contribution in [0, 0.1) is 6.92 Å². The number of hydrogen-bond donors (Lipinski definition) is 2. The molecule has 0 atom stereocenters. The second-order valence-electron chi connectivity index (χ2n) is 6.78. The van der Waals surface area contributed by atoms with Gasteiger partial charge in [0.25, 0.3) is 0 Å². The Morgan fingerprint density at radius 3 is 2.24 bits per heavy atom. The summed E-state index contributed by atoms with van der Waals surface area (Å²) in [6, 6.07) is 8.10. The molecule has 25 heavy (non-hydrogen) atoms. The fraction of sp³-hybridized carbons (Fsp3) is 0.600. The lowest BCUT2D eigenvalue weighted by Gasteiger charge is -2.16. The molecule has 1 aliphatic rings. The fourth-order valence-electron chi connectivity index (χ4n) is 3.16. The molecule has 0 heterocycles. The summed E-state index contributed by atoms with van der Waals surface area (Å²) in [6.07, 6.45) is 8.35. The van der Waals surface area contributed by atoms with Crippen molar-refractivity contribution in [3.63, 3.8) is 0 Å². The van der Waals surface area contributed by atoms with E-state index in [-0.39, 0.29) is 36.9 Å². The first-order valence-electron chi connectivity index (χ1n) is 9.25. The minimum absolute atomic E-state index is 0. The summed E-state index contributed by atoms with van der Waals surface area (Å²) in [5, 5.41) is 6.43. The summed E-state index contributed by atoms with van der Waals surface area (Å²) in [5.74, 6) is -0.0140. The molecule has 1 aliphatic carbocycles. The van der Waals surface area contributed by atoms with Gasteiger partial charge in [-0.1, -0.05) is 55.5 Å². The average molecular weight is 367 g/mol. The molecule has 2 N–H and O–H groups in total. The van der Waals surface area contributed by atoms with Gasteiger partial charge in [0.15, 0.2) is 5.78 Å². The van der Waals surface area contributed by atoms with Gasteiger partial charge in [-0.05, 0) is 19.8 Å². The van der Waals surface area contributed by atoms with Crippen LogP contribution in [0.1, 0.15) is 67.3 Å². The minimum atomic E-state index is -0.0434. The standard InChI is InChI=1S/C20H30N2O2.ClH/c1-16-8-10-17(11-9-16)19(23)12-13-20(24)22-15-14-21-18-6-4-2-3-5-7-18;/h8-11,18,21H,2-7,12-15H2,1H3,(H,22,24);1H. The monoisotopic (exact) mass is 366 g/mol. The van der Waals surface area contributed by atoms with Crippen molar-refractivity contribution in [1.29, 1.82) is 0 Å². The van der Waals surface area contributed by atoms with Crippen LogP contribution in [0.5, 0.6) is 0 Å². The highest BCUT2D eigenvalue weighted by Gasteiger charge is 2.12. The van der Waals surface area contributed by atoms with Crippen LogP contribution in [0.3, 0.4) is 0 Å². The predicted octanol–water partition coefficient (Wildman–Crippen LogP) is 3.81. The van der Waals surface area contributed by atoms with E-state index < -0.39 is 0 Å². The van der Waals surface area contributed by atoms with Gasteiger partial charge in [-0.2, -0.15) is 0 Å². The van der Waals surface area contributed by atoms with Crippen molar-refractivity contribution in [3.8, 4) is 0 Å². The number of aryl methyl sites for hydroxylation is 1. The van der Waals surface area contributed by atoms with Gasteiger partial charge in [0.05, 0.1) is 0 Å². The summed E-state index contributed by atoms with van der Waals surface area (Å²) in [4.78, 5) is 23.9. The first kappa shape index (κ1) is 21.7. The van der Waals surface area contributed by atoms with Crippen LogP contribution >= 0.6 is 12.4 Å². The second kappa shape index (κ2) is 12.0. The smallest absolute Gasteiger partial charge is 0.220 e. The Hall–Kier alpha value is -1.39. The van der Waals surface area contributed by atoms with E-state index in [1.54, 1.807) is 0 Å². The molecule has 1 saturated carbocycles. The van der Waals surface area contributed by atoms with Gasteiger partial charge in [-0.3, -0.25) is 9.59 Å². The first-order chi connectivity index (χ1) is 11.6. The fourth-order valence-corrected chi connectivity index (χ4v) is 3.16. The zero-order valence-electron chi connectivity index (χ0n) is 15.2. The Balaban J connectivity index is 0.00000312. The van der Waals surface area contributed by atoms with E-state index in [0.717, 1.165) is 12.1 Å². The van der Waals surface area contributed by atoms with Crippen LogP contribution < -0.4 is 10.6 Å². The summed E-state index contributed by atoms with van der Waals surface area (Å²) >= 11 is 0. The molecule has 2 rings (SSSR count). The lowest BCUT2D eigenvalue weighted by Crippen LogP contribution is -2.36. The minimum Gasteiger partial charge on any atom is -0.355 e. The van der Waals surface area contributed by atoms with Crippen molar-refractivity contribution < 1.29 is 9.59 Å². The molecule has 0 bridgehead atoms.